The zero-order valence-electron chi connectivity index (χ0n) is 36.6. The number of rotatable bonds is 20. The summed E-state index contributed by atoms with van der Waals surface area (Å²) in [6.45, 7) is 5.21. The zero-order chi connectivity index (χ0) is 44.2. The predicted octanol–water partition coefficient (Wildman–Crippen LogP) is 7.85. The Kier molecular flexibility index (Phi) is 15.9. The molecule has 0 radical (unpaired) electrons. The van der Waals surface area contributed by atoms with Crippen molar-refractivity contribution in [3.05, 3.63) is 114 Å². The van der Waals surface area contributed by atoms with Gasteiger partial charge in [-0.1, -0.05) is 72.6 Å². The lowest BCUT2D eigenvalue weighted by atomic mass is 9.55. The van der Waals surface area contributed by atoms with E-state index < -0.39 is 30.1 Å². The first kappa shape index (κ1) is 45.8. The smallest absolute Gasteiger partial charge is 0.412 e. The molecule has 2 heterocycles. The second-order valence-corrected chi connectivity index (χ2v) is 16.9. The molecule has 4 aliphatic rings. The fourth-order valence-electron chi connectivity index (χ4n) is 9.88. The van der Waals surface area contributed by atoms with Crippen LogP contribution in [0.1, 0.15) is 86.8 Å². The lowest BCUT2D eigenvalue weighted by Gasteiger charge is -2.59. The van der Waals surface area contributed by atoms with Gasteiger partial charge in [0.25, 0.3) is 0 Å². The molecule has 7 rings (SSSR count). The van der Waals surface area contributed by atoms with Crippen LogP contribution in [0.2, 0.25) is 0 Å². The van der Waals surface area contributed by atoms with Gasteiger partial charge in [0.15, 0.2) is 0 Å². The third-order valence-corrected chi connectivity index (χ3v) is 12.9. The number of allylic oxidation sites excluding steroid dienone is 1. The molecule has 13 heteroatoms. The van der Waals surface area contributed by atoms with Crippen LogP contribution in [0.5, 0.6) is 17.2 Å². The van der Waals surface area contributed by atoms with E-state index in [9.17, 15) is 19.8 Å². The van der Waals surface area contributed by atoms with Gasteiger partial charge in [0, 0.05) is 51.1 Å². The van der Waals surface area contributed by atoms with Crippen LogP contribution in [0.15, 0.2) is 102 Å². The molecule has 3 N–H and O–H groups in total. The summed E-state index contributed by atoms with van der Waals surface area (Å²) in [6, 6.07) is 21.9. The van der Waals surface area contributed by atoms with Gasteiger partial charge in [0.2, 0.25) is 18.0 Å². The largest absolute Gasteiger partial charge is 0.497 e. The summed E-state index contributed by atoms with van der Waals surface area (Å²) in [5.74, 6) is -0.750. The zero-order valence-corrected chi connectivity index (χ0v) is 36.6. The number of carbonyl (C=O) groups is 2. The Hall–Kier alpha value is -5.21. The number of hydrogen-bond donors (Lipinski definition) is 3. The molecule has 7 atom stereocenters. The standard InChI is InChI=1S/C50H63N3O10/c1-4-26-60-50-44(53(2)45(56)29-35-17-14-19-37(28-35)58-3)32-42(52-63-46-21-10-13-27-59-46)40-30-36(18-8-11-24-54)39(20-9-12-25-55)47(48(40)50)41-31-38(22-23-43(41)62-50)61-49(57)51-33-34-15-6-5-7-16-34/h4-7,14-17,19,22-23,28,30-31,36,39,44,46-48,54-55H,1,8-13,18,20-21,24-27,29,32-33H2,2-3H3,(H,51,57)/t36-,39+,44-,46?,47+,48+,50+/m0/s1. The van der Waals surface area contributed by atoms with Crippen molar-refractivity contribution < 1.29 is 48.3 Å². The highest BCUT2D eigenvalue weighted by Crippen LogP contribution is 2.62. The molecule has 0 spiro atoms. The number of aliphatic hydroxyl groups is 2. The van der Waals surface area contributed by atoms with Crippen LogP contribution in [-0.4, -0.2) is 91.5 Å². The number of unbranched alkanes of at least 4 members (excludes halogenated alkanes) is 2. The molecule has 2 fully saturated rings. The van der Waals surface area contributed by atoms with Crippen molar-refractivity contribution in [2.24, 2.45) is 22.9 Å². The Balaban J connectivity index is 1.35. The highest BCUT2D eigenvalue weighted by atomic mass is 16.8. The number of oxime groups is 1. The van der Waals surface area contributed by atoms with Gasteiger partial charge in [-0.3, -0.25) is 4.79 Å². The van der Waals surface area contributed by atoms with Crippen LogP contribution in [0.25, 0.3) is 0 Å². The lowest BCUT2D eigenvalue weighted by molar-refractivity contribution is -0.255. The first-order valence-corrected chi connectivity index (χ1v) is 22.5. The molecular formula is C50H63N3O10. The number of likely N-dealkylation sites (N-methyl/N-ethyl adjacent to an activating group) is 1. The third-order valence-electron chi connectivity index (χ3n) is 12.9. The molecule has 2 aliphatic heterocycles. The maximum atomic E-state index is 14.6. The normalized spacial score (nSPS) is 25.4. The first-order valence-electron chi connectivity index (χ1n) is 22.5. The molecule has 3 aromatic rings. The number of aliphatic hydroxyl groups excluding tert-OH is 2. The SMILES string of the molecule is C=CCO[C@@]12Oc3ccc(OC(=O)NCc4ccccc4)cc3[C@H]3[C@H](CCCCO)[C@@H](CCCCO)C=C(C(=NOC4CCCCO4)C[C@@H]1N(C)C(=O)Cc1cccc(OC)c1)[C@H]32. The monoisotopic (exact) mass is 865 g/mol. The molecule has 338 valence electrons. The summed E-state index contributed by atoms with van der Waals surface area (Å²) < 4.78 is 31.7. The topological polar surface area (TPSA) is 158 Å². The Morgan fingerprint density at radius 2 is 1.76 bits per heavy atom. The summed E-state index contributed by atoms with van der Waals surface area (Å²) in [7, 11) is 3.40. The fraction of sp³-hybridized carbons (Fsp3) is 0.500. The Morgan fingerprint density at radius 1 is 0.968 bits per heavy atom. The van der Waals surface area contributed by atoms with Crippen LogP contribution in [0.4, 0.5) is 4.79 Å². The van der Waals surface area contributed by atoms with E-state index in [4.69, 9.17) is 33.7 Å². The Labute approximate surface area is 371 Å². The van der Waals surface area contributed by atoms with Crippen molar-refractivity contribution in [1.29, 1.82) is 0 Å². The summed E-state index contributed by atoms with van der Waals surface area (Å²) in [5, 5.41) is 27.6. The van der Waals surface area contributed by atoms with Crippen LogP contribution in [-0.2, 0) is 32.1 Å². The number of methoxy groups -OCH3 is 1. The number of fused-ring (bicyclic) bond motifs is 2. The molecule has 63 heavy (non-hydrogen) atoms. The summed E-state index contributed by atoms with van der Waals surface area (Å²) >= 11 is 0. The van der Waals surface area contributed by atoms with Gasteiger partial charge < -0.3 is 49.0 Å². The maximum absolute atomic E-state index is 14.6. The van der Waals surface area contributed by atoms with E-state index in [1.165, 1.54) is 0 Å². The number of hydrogen-bond acceptors (Lipinski definition) is 11. The number of benzene rings is 3. The van der Waals surface area contributed by atoms with E-state index in [-0.39, 0.29) is 56.3 Å². The van der Waals surface area contributed by atoms with Crippen molar-refractivity contribution in [3.8, 4) is 17.2 Å². The van der Waals surface area contributed by atoms with Crippen LogP contribution >= 0.6 is 0 Å². The molecular weight excluding hydrogens is 803 g/mol. The van der Waals surface area contributed by atoms with Crippen LogP contribution in [0.3, 0.4) is 0 Å². The van der Waals surface area contributed by atoms with E-state index in [1.807, 2.05) is 66.7 Å². The molecule has 1 unspecified atom stereocenters. The average molecular weight is 866 g/mol. The van der Waals surface area contributed by atoms with E-state index in [1.54, 1.807) is 31.2 Å². The molecule has 0 bridgehead atoms. The lowest BCUT2D eigenvalue weighted by Crippen LogP contribution is -2.69. The van der Waals surface area contributed by atoms with Gasteiger partial charge in [-0.25, -0.2) is 4.79 Å². The van der Waals surface area contributed by atoms with Crippen molar-refractivity contribution in [1.82, 2.24) is 10.2 Å². The highest BCUT2D eigenvalue weighted by Gasteiger charge is 2.65. The second kappa shape index (κ2) is 21.9. The Bertz CT molecular complexity index is 2070. The number of amides is 2. The summed E-state index contributed by atoms with van der Waals surface area (Å²) in [4.78, 5) is 35.8. The third kappa shape index (κ3) is 10.8. The molecule has 1 saturated carbocycles. The van der Waals surface area contributed by atoms with Gasteiger partial charge >= 0.3 is 6.09 Å². The van der Waals surface area contributed by atoms with E-state index >= 15 is 0 Å². The number of carbonyl (C=O) groups excluding carboxylic acids is 2. The molecule has 0 aromatic heterocycles. The molecule has 13 nitrogen and oxygen atoms in total. The minimum Gasteiger partial charge on any atom is -0.497 e. The van der Waals surface area contributed by atoms with Gasteiger partial charge in [-0.2, -0.15) is 0 Å². The highest BCUT2D eigenvalue weighted by molar-refractivity contribution is 6.03. The first-order chi connectivity index (χ1) is 30.8. The minimum absolute atomic E-state index is 0.000827. The van der Waals surface area contributed by atoms with Gasteiger partial charge in [0.05, 0.1) is 38.4 Å². The van der Waals surface area contributed by atoms with Gasteiger partial charge in [0.1, 0.15) is 23.3 Å². The van der Waals surface area contributed by atoms with Crippen molar-refractivity contribution >= 4 is 17.7 Å². The van der Waals surface area contributed by atoms with Gasteiger partial charge in [-0.15, -0.1) is 6.58 Å². The molecule has 2 amide bonds. The van der Waals surface area contributed by atoms with Gasteiger partial charge in [-0.05, 0) is 97.4 Å². The number of ether oxygens (including phenoxy) is 5. The van der Waals surface area contributed by atoms with Crippen LogP contribution < -0.4 is 19.5 Å². The fourth-order valence-corrected chi connectivity index (χ4v) is 9.88. The predicted molar refractivity (Wildman–Crippen MR) is 238 cm³/mol. The molecule has 3 aromatic carbocycles. The van der Waals surface area contributed by atoms with Crippen LogP contribution in [0, 0.1) is 17.8 Å². The molecule has 1 saturated heterocycles. The molecule has 2 aliphatic carbocycles. The van der Waals surface area contributed by atoms with Crippen molar-refractivity contribution in [2.75, 3.05) is 40.6 Å². The Morgan fingerprint density at radius 3 is 2.51 bits per heavy atom. The maximum Gasteiger partial charge on any atom is 0.412 e. The van der Waals surface area contributed by atoms with Crippen molar-refractivity contribution in [3.63, 3.8) is 0 Å². The minimum atomic E-state index is -1.42. The number of nitrogens with zero attached hydrogens (tertiary/aromatic N) is 2. The van der Waals surface area contributed by atoms with E-state index in [0.717, 1.165) is 60.8 Å². The van der Waals surface area contributed by atoms with E-state index in [0.29, 0.717) is 55.4 Å². The summed E-state index contributed by atoms with van der Waals surface area (Å²) in [5.41, 5.74) is 4.19. The summed E-state index contributed by atoms with van der Waals surface area (Å²) in [6.07, 6.45) is 10.3. The second-order valence-electron chi connectivity index (χ2n) is 16.9. The quantitative estimate of drug-likeness (QED) is 0.0581. The number of nitrogens with one attached hydrogen (secondary N) is 1. The van der Waals surface area contributed by atoms with E-state index in [2.05, 4.69) is 18.0 Å². The average Bonchev–Trinajstić information content (AvgIpc) is 3.31. The van der Waals surface area contributed by atoms with Crippen molar-refractivity contribution in [2.45, 2.75) is 101 Å².